The van der Waals surface area contributed by atoms with Crippen LogP contribution in [-0.2, 0) is 14.3 Å². The minimum Gasteiger partial charge on any atom is -0.450 e. The zero-order valence-corrected chi connectivity index (χ0v) is 15.6. The van der Waals surface area contributed by atoms with Crippen molar-refractivity contribution in [3.63, 3.8) is 0 Å². The van der Waals surface area contributed by atoms with E-state index in [1.807, 2.05) is 14.1 Å². The smallest absolute Gasteiger partial charge is 0.409 e. The van der Waals surface area contributed by atoms with Crippen LogP contribution >= 0.6 is 0 Å². The van der Waals surface area contributed by atoms with Gasteiger partial charge in [0.2, 0.25) is 11.8 Å². The molecule has 0 aliphatic carbocycles. The predicted octanol–water partition coefficient (Wildman–Crippen LogP) is 0.0873. The van der Waals surface area contributed by atoms with Crippen LogP contribution in [0.5, 0.6) is 0 Å². The highest BCUT2D eigenvalue weighted by Crippen LogP contribution is 2.21. The lowest BCUT2D eigenvalue weighted by Gasteiger charge is -2.35. The molecule has 0 spiro atoms. The largest absolute Gasteiger partial charge is 0.450 e. The van der Waals surface area contributed by atoms with E-state index in [1.165, 1.54) is 0 Å². The Hall–Kier alpha value is -1.83. The van der Waals surface area contributed by atoms with Gasteiger partial charge in [0.05, 0.1) is 12.5 Å². The van der Waals surface area contributed by atoms with E-state index < -0.39 is 0 Å². The van der Waals surface area contributed by atoms with Gasteiger partial charge in [0, 0.05) is 45.7 Å². The summed E-state index contributed by atoms with van der Waals surface area (Å²) in [6.45, 7) is 6.26. The average molecular weight is 354 g/mol. The van der Waals surface area contributed by atoms with Crippen molar-refractivity contribution in [3.05, 3.63) is 0 Å². The van der Waals surface area contributed by atoms with E-state index in [0.717, 1.165) is 13.0 Å². The van der Waals surface area contributed by atoms with E-state index in [-0.39, 0.29) is 23.8 Å². The summed E-state index contributed by atoms with van der Waals surface area (Å²) in [5.74, 6) is -0.143. The molecule has 2 saturated heterocycles. The monoisotopic (exact) mass is 354 g/mol. The molecule has 1 atom stereocenters. The molecular weight excluding hydrogens is 324 g/mol. The van der Waals surface area contributed by atoms with Gasteiger partial charge in [-0.2, -0.15) is 0 Å². The minimum absolute atomic E-state index is 0.0342. The van der Waals surface area contributed by atoms with Gasteiger partial charge in [-0.3, -0.25) is 9.59 Å². The van der Waals surface area contributed by atoms with E-state index in [2.05, 4.69) is 4.90 Å². The number of amides is 3. The van der Waals surface area contributed by atoms with Crippen molar-refractivity contribution in [1.82, 2.24) is 19.6 Å². The second-order valence-electron chi connectivity index (χ2n) is 6.91. The van der Waals surface area contributed by atoms with Crippen molar-refractivity contribution in [3.8, 4) is 0 Å². The molecule has 3 amide bonds. The molecule has 0 radical (unpaired) electrons. The summed E-state index contributed by atoms with van der Waals surface area (Å²) < 4.78 is 4.99. The molecule has 0 saturated carbocycles. The lowest BCUT2D eigenvalue weighted by molar-refractivity contribution is -0.137. The number of piperazine rings is 1. The molecule has 0 aromatic rings. The van der Waals surface area contributed by atoms with Crippen LogP contribution in [0.25, 0.3) is 0 Å². The summed E-state index contributed by atoms with van der Waals surface area (Å²) in [5.41, 5.74) is 0. The van der Waals surface area contributed by atoms with Gasteiger partial charge in [-0.25, -0.2) is 4.79 Å². The molecule has 0 aromatic carbocycles. The third-order valence-electron chi connectivity index (χ3n) is 4.71. The van der Waals surface area contributed by atoms with Crippen LogP contribution < -0.4 is 0 Å². The van der Waals surface area contributed by atoms with Crippen LogP contribution in [0, 0.1) is 5.92 Å². The second kappa shape index (κ2) is 9.03. The molecule has 2 rings (SSSR count). The van der Waals surface area contributed by atoms with Gasteiger partial charge in [-0.15, -0.1) is 0 Å². The summed E-state index contributed by atoms with van der Waals surface area (Å²) >= 11 is 0. The maximum absolute atomic E-state index is 12.7. The Morgan fingerprint density at radius 2 is 1.80 bits per heavy atom. The first-order valence-corrected chi connectivity index (χ1v) is 9.05. The average Bonchev–Trinajstić information content (AvgIpc) is 2.95. The Bertz CT molecular complexity index is 489. The number of ether oxygens (including phenoxy) is 1. The van der Waals surface area contributed by atoms with E-state index >= 15 is 0 Å². The first-order chi connectivity index (χ1) is 11.9. The van der Waals surface area contributed by atoms with Crippen LogP contribution in [0.1, 0.15) is 19.8 Å². The normalized spacial score (nSPS) is 21.2. The number of carbonyl (C=O) groups excluding carboxylic acids is 3. The predicted molar refractivity (Wildman–Crippen MR) is 93.0 cm³/mol. The minimum atomic E-state index is -0.322. The van der Waals surface area contributed by atoms with Gasteiger partial charge in [-0.05, 0) is 34.0 Å². The molecule has 8 nitrogen and oxygen atoms in total. The SMILES string of the molecule is CCOC(=O)N1CCN(C(=O)C2CC(=O)N(CCCN(C)C)C2)CC1. The zero-order chi connectivity index (χ0) is 18.4. The Labute approximate surface area is 149 Å². The maximum Gasteiger partial charge on any atom is 0.409 e. The Kier molecular flexibility index (Phi) is 7.04. The van der Waals surface area contributed by atoms with Gasteiger partial charge in [0.1, 0.15) is 0 Å². The van der Waals surface area contributed by atoms with Gasteiger partial charge in [-0.1, -0.05) is 0 Å². The van der Waals surface area contributed by atoms with Crippen LogP contribution in [0.3, 0.4) is 0 Å². The molecule has 1 unspecified atom stereocenters. The van der Waals surface area contributed by atoms with E-state index in [9.17, 15) is 14.4 Å². The molecule has 2 heterocycles. The Balaban J connectivity index is 1.78. The fraction of sp³-hybridized carbons (Fsp3) is 0.824. The Morgan fingerprint density at radius 3 is 2.40 bits per heavy atom. The van der Waals surface area contributed by atoms with Gasteiger partial charge < -0.3 is 24.3 Å². The van der Waals surface area contributed by atoms with Crippen LogP contribution in [0.4, 0.5) is 4.79 Å². The number of carbonyl (C=O) groups is 3. The molecule has 142 valence electrons. The first-order valence-electron chi connectivity index (χ1n) is 9.05. The van der Waals surface area contributed by atoms with Crippen LogP contribution in [0.2, 0.25) is 0 Å². The molecule has 2 fully saturated rings. The highest BCUT2D eigenvalue weighted by Gasteiger charge is 2.37. The number of hydrogen-bond acceptors (Lipinski definition) is 5. The fourth-order valence-electron chi connectivity index (χ4n) is 3.31. The summed E-state index contributed by atoms with van der Waals surface area (Å²) in [7, 11) is 4.02. The second-order valence-corrected chi connectivity index (χ2v) is 6.91. The number of hydrogen-bond donors (Lipinski definition) is 0. The van der Waals surface area contributed by atoms with E-state index in [1.54, 1.807) is 21.6 Å². The molecule has 0 bridgehead atoms. The van der Waals surface area contributed by atoms with Crippen molar-refractivity contribution in [2.24, 2.45) is 5.92 Å². The number of likely N-dealkylation sites (tertiary alicyclic amines) is 1. The highest BCUT2D eigenvalue weighted by atomic mass is 16.6. The molecule has 0 N–H and O–H groups in total. The summed E-state index contributed by atoms with van der Waals surface area (Å²) in [5, 5.41) is 0. The van der Waals surface area contributed by atoms with Crippen molar-refractivity contribution in [2.75, 3.05) is 66.5 Å². The van der Waals surface area contributed by atoms with Gasteiger partial charge in [0.15, 0.2) is 0 Å². The van der Waals surface area contributed by atoms with E-state index in [4.69, 9.17) is 4.74 Å². The first kappa shape index (κ1) is 19.5. The van der Waals surface area contributed by atoms with Crippen molar-refractivity contribution in [1.29, 1.82) is 0 Å². The third-order valence-corrected chi connectivity index (χ3v) is 4.71. The van der Waals surface area contributed by atoms with Crippen molar-refractivity contribution in [2.45, 2.75) is 19.8 Å². The molecule has 8 heteroatoms. The lowest BCUT2D eigenvalue weighted by Crippen LogP contribution is -2.52. The third kappa shape index (κ3) is 5.32. The molecule has 2 aliphatic heterocycles. The van der Waals surface area contributed by atoms with Crippen LogP contribution in [0.15, 0.2) is 0 Å². The van der Waals surface area contributed by atoms with Crippen LogP contribution in [-0.4, -0.2) is 104 Å². The number of nitrogens with zero attached hydrogens (tertiary/aromatic N) is 4. The van der Waals surface area contributed by atoms with E-state index in [0.29, 0.717) is 52.3 Å². The fourth-order valence-corrected chi connectivity index (χ4v) is 3.31. The van der Waals surface area contributed by atoms with Gasteiger partial charge in [0.25, 0.3) is 0 Å². The maximum atomic E-state index is 12.7. The molecular formula is C17H30N4O4. The van der Waals surface area contributed by atoms with Crippen molar-refractivity contribution < 1.29 is 19.1 Å². The summed E-state index contributed by atoms with van der Waals surface area (Å²) in [4.78, 5) is 43.8. The van der Waals surface area contributed by atoms with Gasteiger partial charge >= 0.3 is 6.09 Å². The van der Waals surface area contributed by atoms with Crippen molar-refractivity contribution >= 4 is 17.9 Å². The summed E-state index contributed by atoms with van der Waals surface area (Å²) in [6.07, 6.45) is 0.897. The molecule has 0 aromatic heterocycles. The standard InChI is InChI=1S/C17H30N4O4/c1-4-25-17(24)20-10-8-19(9-11-20)16(23)14-12-15(22)21(13-14)7-5-6-18(2)3/h14H,4-13H2,1-3H3. The topological polar surface area (TPSA) is 73.4 Å². The lowest BCUT2D eigenvalue weighted by atomic mass is 10.1. The molecule has 25 heavy (non-hydrogen) atoms. The zero-order valence-electron chi connectivity index (χ0n) is 15.6. The Morgan fingerprint density at radius 1 is 1.16 bits per heavy atom. The molecule has 2 aliphatic rings. The quantitative estimate of drug-likeness (QED) is 0.676. The summed E-state index contributed by atoms with van der Waals surface area (Å²) in [6, 6.07) is 0. The highest BCUT2D eigenvalue weighted by molar-refractivity contribution is 5.89. The number of rotatable bonds is 6.